The van der Waals surface area contributed by atoms with E-state index in [0.29, 0.717) is 19.3 Å². The Bertz CT molecular complexity index is 2440. The topological polar surface area (TPSA) is 231 Å². The number of carbonyl (C=O) groups excluding carboxylic acids is 3. The molecule has 0 saturated carbocycles. The second kappa shape index (κ2) is 79.2. The van der Waals surface area contributed by atoms with E-state index >= 15 is 0 Å². The lowest BCUT2D eigenvalue weighted by Gasteiger charge is -2.21. The number of rotatable bonds is 78. The van der Waals surface area contributed by atoms with E-state index < -0.39 is 91.5 Å². The fraction of sp³-hybridized carbons (Fsp3) is 0.713. The maximum Gasteiger partial charge on any atom is 0.472 e. The van der Waals surface area contributed by atoms with E-state index in [-0.39, 0.29) is 19.3 Å². The molecule has 4 N–H and O–H groups in total. The third-order valence-electron chi connectivity index (χ3n) is 17.3. The van der Waals surface area contributed by atoms with E-state index in [0.717, 1.165) is 154 Å². The fourth-order valence-corrected chi connectivity index (χ4v) is 12.7. The molecule has 0 heterocycles. The number of hydrogen-bond donors (Lipinski definition) is 4. The van der Waals surface area contributed by atoms with Gasteiger partial charge in [0.1, 0.15) is 25.4 Å². The Morgan fingerprint density at radius 2 is 0.505 bits per heavy atom. The lowest BCUT2D eigenvalue weighted by atomic mass is 10.0. The molecule has 16 nitrogen and oxygen atoms in total. The van der Waals surface area contributed by atoms with Crippen LogP contribution in [0.2, 0.25) is 0 Å². The molecular formula is C87H150O16P2. The van der Waals surface area contributed by atoms with Crippen LogP contribution in [0.4, 0.5) is 0 Å². The summed E-state index contributed by atoms with van der Waals surface area (Å²) in [6, 6.07) is 0. The number of aliphatic hydroxyl groups is 2. The van der Waals surface area contributed by atoms with Crippen LogP contribution in [0.5, 0.6) is 0 Å². The number of ether oxygens (including phenoxy) is 3. The quantitative estimate of drug-likeness (QED) is 0.0146. The van der Waals surface area contributed by atoms with Crippen molar-refractivity contribution >= 4 is 33.6 Å². The van der Waals surface area contributed by atoms with E-state index in [1.165, 1.54) is 128 Å². The monoisotopic (exact) mass is 1510 g/mol. The number of hydrogen-bond acceptors (Lipinski definition) is 14. The van der Waals surface area contributed by atoms with Crippen molar-refractivity contribution in [1.29, 1.82) is 0 Å². The molecule has 0 bridgehead atoms. The van der Waals surface area contributed by atoms with Crippen LogP contribution in [0.3, 0.4) is 0 Å². The van der Waals surface area contributed by atoms with E-state index in [9.17, 15) is 43.5 Å². The second-order valence-electron chi connectivity index (χ2n) is 27.5. The molecule has 0 spiro atoms. The van der Waals surface area contributed by atoms with Crippen molar-refractivity contribution in [2.45, 2.75) is 360 Å². The third kappa shape index (κ3) is 80.5. The van der Waals surface area contributed by atoms with Crippen LogP contribution in [0.25, 0.3) is 0 Å². The summed E-state index contributed by atoms with van der Waals surface area (Å²) in [5.41, 5.74) is 0. The highest BCUT2D eigenvalue weighted by Gasteiger charge is 2.29. The van der Waals surface area contributed by atoms with Gasteiger partial charge >= 0.3 is 33.6 Å². The first-order valence-electron chi connectivity index (χ1n) is 41.5. The number of phosphoric acid groups is 2. The first-order chi connectivity index (χ1) is 51.2. The van der Waals surface area contributed by atoms with Gasteiger partial charge in [0.05, 0.1) is 26.4 Å². The number of unbranched alkanes of at least 4 members (excludes halogenated alkanes) is 33. The summed E-state index contributed by atoms with van der Waals surface area (Å²) in [6.07, 6.45) is 96.6. The number of esters is 3. The standard InChI is InChI=1S/C87H150O16P2/c1-4-7-10-13-16-19-22-25-28-31-32-33-34-35-36-37-38-39-40-41-42-43-44-45-46-47-48-51-53-55-58-61-64-67-70-73-85(90)97-76-82(88)77-99-104(93,94)100-78-83(89)79-101-105(95,96)102-81-84(103-87(92)75-72-69-66-63-60-57-54-50-30-27-24-21-18-15-12-9-6-3)80-98-86(91)74-71-68-65-62-59-56-52-49-29-26-23-20-17-14-11-8-5-2/h8-9,11-12,16-21,25-30,32-33,35-36,52,56,82-84,88-89H,4-7,10,13-15,22-24,31,34,37-51,53-55,57-81H2,1-3H3,(H,93,94)(H,95,96)/b11-8-,12-9-,19-16-,20-17-,21-18-,28-25-,29-26-,30-27-,33-32-,36-35-,56-52-. The van der Waals surface area contributed by atoms with Crippen LogP contribution < -0.4 is 0 Å². The molecule has 0 aromatic carbocycles. The molecule has 0 amide bonds. The van der Waals surface area contributed by atoms with Crippen molar-refractivity contribution in [3.63, 3.8) is 0 Å². The Balaban J connectivity index is 4.42. The lowest BCUT2D eigenvalue weighted by Crippen LogP contribution is -2.30. The Labute approximate surface area is 639 Å². The van der Waals surface area contributed by atoms with Gasteiger partial charge < -0.3 is 34.2 Å². The summed E-state index contributed by atoms with van der Waals surface area (Å²) in [6.45, 7) is 2.41. The molecule has 0 aromatic rings. The first kappa shape index (κ1) is 101. The van der Waals surface area contributed by atoms with Gasteiger partial charge in [-0.2, -0.15) is 0 Å². The molecule has 0 aromatic heterocycles. The van der Waals surface area contributed by atoms with E-state index in [2.05, 4.69) is 154 Å². The Hall–Kier alpha value is -4.31. The molecule has 5 atom stereocenters. The predicted octanol–water partition coefficient (Wildman–Crippen LogP) is 24.7. The minimum atomic E-state index is -4.94. The summed E-state index contributed by atoms with van der Waals surface area (Å²) in [7, 11) is -9.80. The maximum absolute atomic E-state index is 13.0. The highest BCUT2D eigenvalue weighted by atomic mass is 31.2. The molecule has 0 fully saturated rings. The zero-order chi connectivity index (χ0) is 76.6. The minimum absolute atomic E-state index is 0.0850. The number of allylic oxidation sites excluding steroid dienone is 22. The summed E-state index contributed by atoms with van der Waals surface area (Å²) < 4.78 is 61.2. The Morgan fingerprint density at radius 3 is 0.800 bits per heavy atom. The largest absolute Gasteiger partial charge is 0.472 e. The van der Waals surface area contributed by atoms with Gasteiger partial charge in [-0.1, -0.05) is 321 Å². The van der Waals surface area contributed by atoms with Crippen LogP contribution >= 0.6 is 15.6 Å². The average Bonchev–Trinajstić information content (AvgIpc) is 0.929. The molecule has 0 aliphatic carbocycles. The van der Waals surface area contributed by atoms with E-state index in [1.54, 1.807) is 0 Å². The molecule has 0 rings (SSSR count). The molecular weight excluding hydrogens is 1360 g/mol. The van der Waals surface area contributed by atoms with Crippen molar-refractivity contribution < 1.29 is 75.8 Å². The maximum atomic E-state index is 13.0. The zero-order valence-electron chi connectivity index (χ0n) is 66.1. The van der Waals surface area contributed by atoms with Gasteiger partial charge in [-0.3, -0.25) is 32.5 Å². The average molecular weight is 1510 g/mol. The van der Waals surface area contributed by atoms with Gasteiger partial charge in [0.25, 0.3) is 0 Å². The molecule has 0 radical (unpaired) electrons. The summed E-state index contributed by atoms with van der Waals surface area (Å²) in [5, 5.41) is 20.7. The number of aliphatic hydroxyl groups excluding tert-OH is 2. The van der Waals surface area contributed by atoms with Crippen molar-refractivity contribution in [1.82, 2.24) is 0 Å². The Kier molecular flexibility index (Phi) is 76.0. The Morgan fingerprint density at radius 1 is 0.276 bits per heavy atom. The van der Waals surface area contributed by atoms with Crippen LogP contribution in [-0.2, 0) is 55.8 Å². The van der Waals surface area contributed by atoms with Crippen LogP contribution in [0.15, 0.2) is 134 Å². The van der Waals surface area contributed by atoms with Crippen molar-refractivity contribution in [2.75, 3.05) is 39.6 Å². The normalized spacial score (nSPS) is 14.6. The van der Waals surface area contributed by atoms with Gasteiger partial charge in [0.15, 0.2) is 6.10 Å². The lowest BCUT2D eigenvalue weighted by molar-refractivity contribution is -0.161. The molecule has 18 heteroatoms. The number of carbonyl (C=O) groups is 3. The van der Waals surface area contributed by atoms with Gasteiger partial charge in [0, 0.05) is 19.3 Å². The first-order valence-corrected chi connectivity index (χ1v) is 44.5. The molecule has 604 valence electrons. The number of phosphoric ester groups is 2. The second-order valence-corrected chi connectivity index (χ2v) is 30.4. The summed E-state index contributed by atoms with van der Waals surface area (Å²) in [5.74, 6) is -1.61. The van der Waals surface area contributed by atoms with Crippen LogP contribution in [0.1, 0.15) is 342 Å². The van der Waals surface area contributed by atoms with Gasteiger partial charge in [-0.25, -0.2) is 9.13 Å². The van der Waals surface area contributed by atoms with Gasteiger partial charge in [-0.05, 0) is 135 Å². The van der Waals surface area contributed by atoms with Crippen LogP contribution in [-0.4, -0.2) is 95.9 Å². The molecule has 0 saturated heterocycles. The molecule has 0 aliphatic rings. The molecule has 5 unspecified atom stereocenters. The van der Waals surface area contributed by atoms with E-state index in [4.69, 9.17) is 32.3 Å². The highest BCUT2D eigenvalue weighted by molar-refractivity contribution is 7.47. The molecule has 105 heavy (non-hydrogen) atoms. The van der Waals surface area contributed by atoms with Gasteiger partial charge in [-0.15, -0.1) is 0 Å². The zero-order valence-corrected chi connectivity index (χ0v) is 67.9. The fourth-order valence-electron chi connectivity index (χ4n) is 11.1. The van der Waals surface area contributed by atoms with Crippen molar-refractivity contribution in [2.24, 2.45) is 0 Å². The highest BCUT2D eigenvalue weighted by Crippen LogP contribution is 2.45. The van der Waals surface area contributed by atoms with Crippen molar-refractivity contribution in [3.05, 3.63) is 134 Å². The van der Waals surface area contributed by atoms with Crippen LogP contribution in [0, 0.1) is 0 Å². The summed E-state index contributed by atoms with van der Waals surface area (Å²) in [4.78, 5) is 58.7. The van der Waals surface area contributed by atoms with Gasteiger partial charge in [0.2, 0.25) is 0 Å². The smallest absolute Gasteiger partial charge is 0.463 e. The predicted molar refractivity (Wildman–Crippen MR) is 436 cm³/mol. The molecule has 0 aliphatic heterocycles. The van der Waals surface area contributed by atoms with Crippen molar-refractivity contribution in [3.8, 4) is 0 Å². The minimum Gasteiger partial charge on any atom is -0.463 e. The third-order valence-corrected chi connectivity index (χ3v) is 19.2. The SMILES string of the molecule is CC/C=C\C/C=C\C/C=C\C/C=C\CCCCCCC(=O)OCC(COP(=O)(O)OCC(O)COP(=O)(O)OCC(O)COC(=O)CCCCCCCCCCCCCCCCCCCCC/C=C\C/C=C\C/C=C\C/C=C\CCCCC)OC(=O)CCCCCCCCC/C=C\C/C=C\C/C=C\CC. The summed E-state index contributed by atoms with van der Waals surface area (Å²) >= 11 is 0. The van der Waals surface area contributed by atoms with E-state index in [1.807, 2.05) is 0 Å².